The molecule has 0 saturated heterocycles. The minimum atomic E-state index is -0.778. The van der Waals surface area contributed by atoms with Gasteiger partial charge >= 0.3 is 6.09 Å². The van der Waals surface area contributed by atoms with E-state index in [-0.39, 0.29) is 23.0 Å². The number of benzene rings is 1. The maximum atomic E-state index is 12.6. The van der Waals surface area contributed by atoms with Gasteiger partial charge < -0.3 is 24.8 Å². The Morgan fingerprint density at radius 1 is 1.06 bits per heavy atom. The fourth-order valence-corrected chi connectivity index (χ4v) is 6.50. The van der Waals surface area contributed by atoms with Gasteiger partial charge in [-0.1, -0.05) is 13.3 Å². The van der Waals surface area contributed by atoms with Gasteiger partial charge in [0.05, 0.1) is 6.61 Å². The molecule has 0 aromatic heterocycles. The molecule has 7 nitrogen and oxygen atoms in total. The summed E-state index contributed by atoms with van der Waals surface area (Å²) in [6, 6.07) is 0. The first-order chi connectivity index (χ1) is 15.7. The Labute approximate surface area is 195 Å². The molecule has 2 heterocycles. The van der Waals surface area contributed by atoms with Crippen molar-refractivity contribution in [2.24, 2.45) is 5.41 Å². The van der Waals surface area contributed by atoms with Gasteiger partial charge in [0.2, 0.25) is 0 Å². The molecule has 180 valence electrons. The lowest BCUT2D eigenvalue weighted by atomic mass is 9.54. The van der Waals surface area contributed by atoms with E-state index in [1.54, 1.807) is 0 Å². The van der Waals surface area contributed by atoms with Crippen LogP contribution in [-0.2, 0) is 11.2 Å². The summed E-state index contributed by atoms with van der Waals surface area (Å²) in [4.78, 5) is 24.9. The van der Waals surface area contributed by atoms with Gasteiger partial charge in [-0.25, -0.2) is 4.79 Å². The lowest BCUT2D eigenvalue weighted by Gasteiger charge is -2.57. The van der Waals surface area contributed by atoms with Crippen LogP contribution in [0.25, 0.3) is 0 Å². The molecule has 1 atom stereocenters. The van der Waals surface area contributed by atoms with E-state index in [4.69, 9.17) is 14.2 Å². The van der Waals surface area contributed by atoms with Gasteiger partial charge in [-0.3, -0.25) is 4.79 Å². The molecule has 33 heavy (non-hydrogen) atoms. The van der Waals surface area contributed by atoms with Crippen molar-refractivity contribution in [1.29, 1.82) is 0 Å². The number of alkyl carbamates (subject to hydrolysis) is 1. The van der Waals surface area contributed by atoms with E-state index < -0.39 is 5.79 Å². The van der Waals surface area contributed by atoms with E-state index >= 15 is 0 Å². The van der Waals surface area contributed by atoms with Crippen LogP contribution in [0.15, 0.2) is 0 Å². The largest absolute Gasteiger partial charge is 0.450 e. The maximum absolute atomic E-state index is 12.6. The van der Waals surface area contributed by atoms with Crippen molar-refractivity contribution in [3.63, 3.8) is 0 Å². The molecule has 3 fully saturated rings. The topological polar surface area (TPSA) is 85.9 Å². The first-order valence-corrected chi connectivity index (χ1v) is 12.5. The highest BCUT2D eigenvalue weighted by atomic mass is 16.7. The van der Waals surface area contributed by atoms with Crippen molar-refractivity contribution >= 4 is 12.0 Å². The minimum absolute atomic E-state index is 0.0213. The second-order valence-electron chi connectivity index (χ2n) is 10.6. The van der Waals surface area contributed by atoms with Crippen LogP contribution >= 0.6 is 0 Å². The molecule has 2 bridgehead atoms. The second-order valence-corrected chi connectivity index (χ2v) is 10.6. The van der Waals surface area contributed by atoms with Gasteiger partial charge in [0.25, 0.3) is 11.7 Å². The van der Waals surface area contributed by atoms with Crippen LogP contribution in [0, 0.1) is 19.3 Å². The minimum Gasteiger partial charge on any atom is -0.450 e. The molecule has 7 heteroatoms. The molecule has 5 aliphatic rings. The van der Waals surface area contributed by atoms with E-state index in [2.05, 4.69) is 24.5 Å². The monoisotopic (exact) mass is 456 g/mol. The normalized spacial score (nSPS) is 31.7. The lowest BCUT2D eigenvalue weighted by Crippen LogP contribution is -2.64. The Hall–Kier alpha value is -2.44. The molecule has 2 aliphatic heterocycles. The Kier molecular flexibility index (Phi) is 5.29. The van der Waals surface area contributed by atoms with Crippen molar-refractivity contribution in [2.75, 3.05) is 13.2 Å². The maximum Gasteiger partial charge on any atom is 0.407 e. The molecular weight excluding hydrogens is 420 g/mol. The zero-order valence-corrected chi connectivity index (χ0v) is 20.3. The molecule has 1 aromatic carbocycles. The molecule has 0 spiro atoms. The van der Waals surface area contributed by atoms with E-state index in [1.807, 2.05) is 13.8 Å². The average Bonchev–Trinajstić information content (AvgIpc) is 3.18. The van der Waals surface area contributed by atoms with Crippen molar-refractivity contribution in [1.82, 2.24) is 10.6 Å². The van der Waals surface area contributed by atoms with Gasteiger partial charge in [0.1, 0.15) is 0 Å². The number of rotatable bonds is 5. The number of amides is 2. The number of carbonyl (C=O) groups is 2. The number of nitrogens with one attached hydrogen (secondary N) is 2. The third kappa shape index (κ3) is 3.38. The van der Waals surface area contributed by atoms with E-state index in [9.17, 15) is 9.59 Å². The van der Waals surface area contributed by atoms with E-state index in [0.29, 0.717) is 13.2 Å². The third-order valence-electron chi connectivity index (χ3n) is 8.81. The molecule has 1 aromatic rings. The van der Waals surface area contributed by atoms with Crippen molar-refractivity contribution in [3.8, 4) is 11.5 Å². The highest BCUT2D eigenvalue weighted by Crippen LogP contribution is 2.62. The number of hydrogen-bond acceptors (Lipinski definition) is 5. The number of unbranched alkanes of at least 4 members (excludes halogenated alkanes) is 1. The summed E-state index contributed by atoms with van der Waals surface area (Å²) < 4.78 is 18.7. The summed E-state index contributed by atoms with van der Waals surface area (Å²) in [5.74, 6) is 0.726. The lowest BCUT2D eigenvalue weighted by molar-refractivity contribution is -0.203. The number of fused-ring (bicyclic) bond motifs is 5. The fourth-order valence-electron chi connectivity index (χ4n) is 6.50. The average molecular weight is 457 g/mol. The molecule has 0 radical (unpaired) electrons. The third-order valence-corrected chi connectivity index (χ3v) is 8.81. The summed E-state index contributed by atoms with van der Waals surface area (Å²) in [6.45, 7) is 9.29. The zero-order chi connectivity index (χ0) is 23.4. The van der Waals surface area contributed by atoms with Gasteiger partial charge in [-0.2, -0.15) is 0 Å². The summed E-state index contributed by atoms with van der Waals surface area (Å²) in [5, 5.41) is 6.15. The fraction of sp³-hybridized carbons (Fsp3) is 0.692. The predicted octanol–water partition coefficient (Wildman–Crippen LogP) is 4.70. The van der Waals surface area contributed by atoms with Crippen LogP contribution < -0.4 is 20.1 Å². The standard InChI is InChI=1S/C26H36N2O5/c1-5-6-15-31-23(30)28-26-11-8-25(9-12-26,10-13-26)24(4)32-20-16(2)18-7-14-27-22(29)19(18)17(3)21(20)33-24/h5-15H2,1-4H3,(H,27,29)(H,28,30). The van der Waals surface area contributed by atoms with Crippen LogP contribution in [0.1, 0.15) is 92.3 Å². The van der Waals surface area contributed by atoms with E-state index in [0.717, 1.165) is 91.5 Å². The van der Waals surface area contributed by atoms with Crippen LogP contribution in [0.4, 0.5) is 4.79 Å². The smallest absolute Gasteiger partial charge is 0.407 e. The Morgan fingerprint density at radius 2 is 1.70 bits per heavy atom. The van der Waals surface area contributed by atoms with Crippen LogP contribution in [0.5, 0.6) is 11.5 Å². The highest BCUT2D eigenvalue weighted by molar-refractivity contribution is 6.00. The zero-order valence-electron chi connectivity index (χ0n) is 20.3. The highest BCUT2D eigenvalue weighted by Gasteiger charge is 2.62. The molecule has 3 aliphatic carbocycles. The van der Waals surface area contributed by atoms with Crippen molar-refractivity contribution in [3.05, 3.63) is 22.3 Å². The molecule has 2 N–H and O–H groups in total. The van der Waals surface area contributed by atoms with Gasteiger partial charge in [0.15, 0.2) is 11.5 Å². The molecular formula is C26H36N2O5. The van der Waals surface area contributed by atoms with E-state index in [1.165, 1.54) is 0 Å². The van der Waals surface area contributed by atoms with Gasteiger partial charge in [0, 0.05) is 35.5 Å². The number of carbonyl (C=O) groups excluding carboxylic acids is 2. The number of ether oxygens (including phenoxy) is 3. The van der Waals surface area contributed by atoms with Crippen molar-refractivity contribution in [2.45, 2.75) is 96.8 Å². The SMILES string of the molecule is CCCCOC(=O)NC12CCC(C3(C)Oc4c(C)c5c(c(C)c4O3)C(=O)NCC5)(CC1)CC2. The second kappa shape index (κ2) is 7.81. The quantitative estimate of drug-likeness (QED) is 0.628. The summed E-state index contributed by atoms with van der Waals surface area (Å²) >= 11 is 0. The molecule has 1 unspecified atom stereocenters. The summed E-state index contributed by atoms with van der Waals surface area (Å²) in [6.07, 6.45) is 7.87. The van der Waals surface area contributed by atoms with Crippen molar-refractivity contribution < 1.29 is 23.8 Å². The number of hydrogen-bond donors (Lipinski definition) is 2. The molecule has 3 saturated carbocycles. The Morgan fingerprint density at radius 3 is 2.33 bits per heavy atom. The van der Waals surface area contributed by atoms with Crippen LogP contribution in [-0.4, -0.2) is 36.5 Å². The first-order valence-electron chi connectivity index (χ1n) is 12.5. The Balaban J connectivity index is 1.35. The first kappa shape index (κ1) is 22.4. The van der Waals surface area contributed by atoms with Gasteiger partial charge in [-0.05, 0) is 76.3 Å². The van der Waals surface area contributed by atoms with Crippen LogP contribution in [0.3, 0.4) is 0 Å². The molecule has 2 amide bonds. The van der Waals surface area contributed by atoms with Crippen LogP contribution in [0.2, 0.25) is 0 Å². The summed E-state index contributed by atoms with van der Waals surface area (Å²) in [7, 11) is 0. The predicted molar refractivity (Wildman–Crippen MR) is 124 cm³/mol. The summed E-state index contributed by atoms with van der Waals surface area (Å²) in [5.41, 5.74) is 3.43. The van der Waals surface area contributed by atoms with Gasteiger partial charge in [-0.15, -0.1) is 0 Å². The molecule has 6 rings (SSSR count). The Bertz CT molecular complexity index is 979.